The predicted octanol–water partition coefficient (Wildman–Crippen LogP) is 2.81. The average molecular weight is 405 g/mol. The number of para-hydroxylation sites is 2. The van der Waals surface area contributed by atoms with Crippen molar-refractivity contribution in [3.8, 4) is 17.1 Å². The Morgan fingerprint density at radius 3 is 2.93 bits per heavy atom. The number of aromatic nitrogens is 2. The lowest BCUT2D eigenvalue weighted by atomic mass is 9.98. The third-order valence-corrected chi connectivity index (χ3v) is 6.47. The molecule has 0 aliphatic carbocycles. The molecule has 1 saturated heterocycles. The van der Waals surface area contributed by atoms with Crippen LogP contribution >= 0.6 is 0 Å². The van der Waals surface area contributed by atoms with E-state index in [1.54, 1.807) is 6.07 Å². The molecule has 3 heterocycles. The zero-order valence-electron chi connectivity index (χ0n) is 17.1. The number of quaternary nitrogens is 1. The van der Waals surface area contributed by atoms with E-state index in [1.807, 2.05) is 36.4 Å². The summed E-state index contributed by atoms with van der Waals surface area (Å²) < 4.78 is 5.80. The molecule has 4 N–H and O–H groups in total. The second-order valence-electron chi connectivity index (χ2n) is 8.29. The first-order valence-corrected chi connectivity index (χ1v) is 10.8. The van der Waals surface area contributed by atoms with Crippen LogP contribution in [0.3, 0.4) is 0 Å². The Morgan fingerprint density at radius 1 is 1.23 bits per heavy atom. The number of benzene rings is 2. The average Bonchev–Trinajstić information content (AvgIpc) is 3.20. The first-order chi connectivity index (χ1) is 14.6. The van der Waals surface area contributed by atoms with Crippen LogP contribution < -0.4 is 15.5 Å². The summed E-state index contributed by atoms with van der Waals surface area (Å²) in [5.74, 6) is 0.817. The standard InChI is InChI=1S/C24H25N3O3/c1-2-16-7-5-6-12-27(16)14-18-21(28)11-10-15-13-17(24(29)30-22(15)18)23-25-19-8-3-4-9-20(19)26-23/h3-4,8-11,13,16,28H,2,5-7,12,14H2,1H3,(H,25,26)/p+2. The second-order valence-corrected chi connectivity index (χ2v) is 8.29. The van der Waals surface area contributed by atoms with Crippen molar-refractivity contribution in [3.63, 3.8) is 0 Å². The molecule has 2 aromatic carbocycles. The molecule has 0 saturated carbocycles. The molecule has 0 spiro atoms. The summed E-state index contributed by atoms with van der Waals surface area (Å²) >= 11 is 0. The number of H-pyrrole nitrogens is 2. The Kier molecular flexibility index (Phi) is 4.79. The Bertz CT molecular complexity index is 1240. The molecule has 0 radical (unpaired) electrons. The largest absolute Gasteiger partial charge is 0.507 e. The van der Waals surface area contributed by atoms with E-state index in [4.69, 9.17) is 4.42 Å². The monoisotopic (exact) mass is 405 g/mol. The minimum Gasteiger partial charge on any atom is -0.507 e. The molecular weight excluding hydrogens is 378 g/mol. The van der Waals surface area contributed by atoms with E-state index >= 15 is 0 Å². The summed E-state index contributed by atoms with van der Waals surface area (Å²) in [5.41, 5.74) is 3.11. The summed E-state index contributed by atoms with van der Waals surface area (Å²) in [6, 6.07) is 13.8. The maximum absolute atomic E-state index is 12.9. The van der Waals surface area contributed by atoms with Gasteiger partial charge >= 0.3 is 5.63 Å². The van der Waals surface area contributed by atoms with Gasteiger partial charge in [-0.05, 0) is 56.0 Å². The van der Waals surface area contributed by atoms with Crippen LogP contribution in [-0.2, 0) is 6.54 Å². The number of hydrogen-bond donors (Lipinski definition) is 3. The van der Waals surface area contributed by atoms with Gasteiger partial charge in [-0.2, -0.15) is 0 Å². The molecule has 0 bridgehead atoms. The first kappa shape index (κ1) is 18.9. The number of fused-ring (bicyclic) bond motifs is 2. The quantitative estimate of drug-likeness (QED) is 0.457. The van der Waals surface area contributed by atoms with Crippen LogP contribution in [0, 0.1) is 0 Å². The number of likely N-dealkylation sites (tertiary alicyclic amines) is 1. The summed E-state index contributed by atoms with van der Waals surface area (Å²) in [6.07, 6.45) is 4.79. The molecule has 1 aliphatic rings. The highest BCUT2D eigenvalue weighted by Crippen LogP contribution is 2.28. The number of phenols is 1. The van der Waals surface area contributed by atoms with Gasteiger partial charge in [-0.1, -0.05) is 19.1 Å². The summed E-state index contributed by atoms with van der Waals surface area (Å²) in [7, 11) is 0. The van der Waals surface area contributed by atoms with Gasteiger partial charge in [0.1, 0.15) is 17.9 Å². The van der Waals surface area contributed by atoms with Crippen LogP contribution in [0.25, 0.3) is 33.4 Å². The van der Waals surface area contributed by atoms with Gasteiger partial charge in [-0.25, -0.2) is 14.8 Å². The fraction of sp³-hybridized carbons (Fsp3) is 0.333. The van der Waals surface area contributed by atoms with Gasteiger partial charge < -0.3 is 14.4 Å². The van der Waals surface area contributed by atoms with Gasteiger partial charge in [-0.15, -0.1) is 0 Å². The van der Waals surface area contributed by atoms with Crippen LogP contribution in [0.15, 0.2) is 51.7 Å². The number of aromatic amines is 2. The third-order valence-electron chi connectivity index (χ3n) is 6.47. The van der Waals surface area contributed by atoms with Crippen LogP contribution in [0.2, 0.25) is 0 Å². The zero-order valence-corrected chi connectivity index (χ0v) is 17.1. The normalized spacial score (nSPS) is 19.5. The molecular formula is C24H27N3O3+2. The van der Waals surface area contributed by atoms with E-state index in [2.05, 4.69) is 16.9 Å². The van der Waals surface area contributed by atoms with Crippen molar-refractivity contribution in [2.75, 3.05) is 6.54 Å². The smallest absolute Gasteiger partial charge is 0.352 e. The van der Waals surface area contributed by atoms with Crippen molar-refractivity contribution in [2.24, 2.45) is 0 Å². The molecule has 2 atom stereocenters. The lowest BCUT2D eigenvalue weighted by Gasteiger charge is -2.32. The highest BCUT2D eigenvalue weighted by Gasteiger charge is 2.27. The molecule has 6 heteroatoms. The molecule has 30 heavy (non-hydrogen) atoms. The van der Waals surface area contributed by atoms with Gasteiger partial charge in [-0.3, -0.25) is 0 Å². The van der Waals surface area contributed by atoms with Crippen LogP contribution in [-0.4, -0.2) is 22.7 Å². The van der Waals surface area contributed by atoms with Crippen molar-refractivity contribution in [3.05, 3.63) is 58.4 Å². The van der Waals surface area contributed by atoms with Crippen LogP contribution in [0.1, 0.15) is 38.2 Å². The van der Waals surface area contributed by atoms with Crippen molar-refractivity contribution < 1.29 is 19.4 Å². The molecule has 4 aromatic rings. The maximum Gasteiger partial charge on any atom is 0.352 e. The van der Waals surface area contributed by atoms with Gasteiger partial charge in [0.15, 0.2) is 16.6 Å². The molecule has 6 nitrogen and oxygen atoms in total. The SMILES string of the molecule is CCC1CCCC[NH+]1Cc1c(O)ccc2cc(-c3[nH]c4ccccc4[nH+]3)c(=O)oc12. The molecule has 2 aromatic heterocycles. The van der Waals surface area contributed by atoms with E-state index in [0.717, 1.165) is 34.9 Å². The molecule has 0 amide bonds. The van der Waals surface area contributed by atoms with E-state index in [0.29, 0.717) is 29.6 Å². The Labute approximate surface area is 174 Å². The fourth-order valence-corrected chi connectivity index (χ4v) is 4.82. The number of phenolic OH excluding ortho intramolecular Hbond substituents is 1. The molecule has 1 fully saturated rings. The number of piperidine rings is 1. The van der Waals surface area contributed by atoms with E-state index in [-0.39, 0.29) is 5.75 Å². The Hall–Kier alpha value is -3.12. The first-order valence-electron chi connectivity index (χ1n) is 10.8. The number of aromatic hydroxyl groups is 1. The fourth-order valence-electron chi connectivity index (χ4n) is 4.82. The lowest BCUT2D eigenvalue weighted by molar-refractivity contribution is -0.944. The lowest BCUT2D eigenvalue weighted by Crippen LogP contribution is -3.15. The number of rotatable bonds is 4. The van der Waals surface area contributed by atoms with Crippen molar-refractivity contribution in [1.82, 2.24) is 4.98 Å². The predicted molar refractivity (Wildman–Crippen MR) is 115 cm³/mol. The number of hydrogen-bond acceptors (Lipinski definition) is 3. The van der Waals surface area contributed by atoms with E-state index < -0.39 is 5.63 Å². The molecule has 1 aliphatic heterocycles. The zero-order chi connectivity index (χ0) is 20.7. The van der Waals surface area contributed by atoms with Gasteiger partial charge in [0.2, 0.25) is 0 Å². The molecule has 5 rings (SSSR count). The number of nitrogens with one attached hydrogen (secondary N) is 3. The van der Waals surface area contributed by atoms with Crippen molar-refractivity contribution >= 4 is 22.0 Å². The van der Waals surface area contributed by atoms with E-state index in [1.165, 1.54) is 24.2 Å². The van der Waals surface area contributed by atoms with Crippen molar-refractivity contribution in [1.29, 1.82) is 0 Å². The molecule has 2 unspecified atom stereocenters. The summed E-state index contributed by atoms with van der Waals surface area (Å²) in [6.45, 7) is 3.98. The highest BCUT2D eigenvalue weighted by molar-refractivity contribution is 5.85. The van der Waals surface area contributed by atoms with Crippen LogP contribution in [0.4, 0.5) is 0 Å². The molecule has 154 valence electrons. The number of imidazole rings is 1. The van der Waals surface area contributed by atoms with Gasteiger partial charge in [0.25, 0.3) is 5.82 Å². The van der Waals surface area contributed by atoms with Gasteiger partial charge in [0.05, 0.1) is 18.2 Å². The van der Waals surface area contributed by atoms with Crippen LogP contribution in [0.5, 0.6) is 5.75 Å². The third kappa shape index (κ3) is 3.27. The highest BCUT2D eigenvalue weighted by atomic mass is 16.4. The summed E-state index contributed by atoms with van der Waals surface area (Å²) in [4.78, 5) is 20.9. The van der Waals surface area contributed by atoms with E-state index in [9.17, 15) is 9.90 Å². The van der Waals surface area contributed by atoms with Crippen molar-refractivity contribution in [2.45, 2.75) is 45.2 Å². The second kappa shape index (κ2) is 7.61. The minimum atomic E-state index is -0.419. The topological polar surface area (TPSA) is 84.8 Å². The van der Waals surface area contributed by atoms with Gasteiger partial charge in [0, 0.05) is 5.39 Å². The summed E-state index contributed by atoms with van der Waals surface area (Å²) in [5, 5.41) is 11.4. The Balaban J connectivity index is 1.59. The Morgan fingerprint density at radius 2 is 2.10 bits per heavy atom. The maximum atomic E-state index is 12.9. The minimum absolute atomic E-state index is 0.198.